The maximum atomic E-state index is 13.7. The predicted molar refractivity (Wildman–Crippen MR) is 169 cm³/mol. The van der Waals surface area contributed by atoms with Gasteiger partial charge in [-0.15, -0.1) is 0 Å². The van der Waals surface area contributed by atoms with E-state index in [1.165, 1.54) is 27.0 Å². The Morgan fingerprint density at radius 2 is 1.83 bits per heavy atom. The zero-order valence-corrected chi connectivity index (χ0v) is 28.4. The van der Waals surface area contributed by atoms with Gasteiger partial charge >= 0.3 is 11.9 Å². The first-order chi connectivity index (χ1) is 22.1. The number of carboxylic acids is 1. The Labute approximate surface area is 276 Å². The molecule has 47 heavy (non-hydrogen) atoms. The third-order valence-corrected chi connectivity index (χ3v) is 12.1. The number of hydrogen-bond donors (Lipinski definition) is 3. The van der Waals surface area contributed by atoms with Crippen LogP contribution in [0.5, 0.6) is 0 Å². The number of aliphatic carboxylic acids is 1. The van der Waals surface area contributed by atoms with Crippen LogP contribution in [0.25, 0.3) is 0 Å². The van der Waals surface area contributed by atoms with Crippen molar-refractivity contribution in [3.8, 4) is 0 Å². The first-order valence-corrected chi connectivity index (χ1v) is 16.8. The molecule has 0 radical (unpaired) electrons. The van der Waals surface area contributed by atoms with Crippen molar-refractivity contribution >= 4 is 24.0 Å². The molecule has 13 atom stereocenters. The highest BCUT2D eigenvalue weighted by molar-refractivity contribution is 6.04. The molecule has 1 aliphatic heterocycles. The average molecular weight is 659 g/mol. The second-order valence-corrected chi connectivity index (χ2v) is 14.9. The second-order valence-electron chi connectivity index (χ2n) is 14.9. The van der Waals surface area contributed by atoms with Crippen LogP contribution in [0.1, 0.15) is 67.2 Å². The van der Waals surface area contributed by atoms with Crippen LogP contribution >= 0.6 is 0 Å². The summed E-state index contributed by atoms with van der Waals surface area (Å²) in [4.78, 5) is 52.3. The van der Waals surface area contributed by atoms with Crippen molar-refractivity contribution < 1.29 is 53.4 Å². The number of aliphatic hydroxyl groups excluding tert-OH is 2. The average Bonchev–Trinajstić information content (AvgIpc) is 3.58. The number of carbonyl (C=O) groups excluding carboxylic acids is 3. The van der Waals surface area contributed by atoms with Crippen LogP contribution < -0.4 is 0 Å². The fraction of sp³-hybridized carbons (Fsp3) is 0.722. The van der Waals surface area contributed by atoms with Gasteiger partial charge in [0, 0.05) is 18.1 Å². The lowest BCUT2D eigenvalue weighted by atomic mass is 9.43. The van der Waals surface area contributed by atoms with Gasteiger partial charge in [-0.25, -0.2) is 4.79 Å². The van der Waals surface area contributed by atoms with Gasteiger partial charge in [0.25, 0.3) is 0 Å². The summed E-state index contributed by atoms with van der Waals surface area (Å²) in [7, 11) is 1.40. The summed E-state index contributed by atoms with van der Waals surface area (Å²) < 4.78 is 23.8. The van der Waals surface area contributed by atoms with Gasteiger partial charge in [0.15, 0.2) is 18.2 Å². The van der Waals surface area contributed by atoms with E-state index in [1.54, 1.807) is 6.92 Å². The normalized spacial score (nSPS) is 43.1. The molecular formula is C36H50O11. The summed E-state index contributed by atoms with van der Waals surface area (Å²) in [5, 5.41) is 32.1. The monoisotopic (exact) mass is 658 g/mol. The molecule has 3 N–H and O–H groups in total. The van der Waals surface area contributed by atoms with Gasteiger partial charge in [0.05, 0.1) is 24.2 Å². The number of hydrogen-bond acceptors (Lipinski definition) is 10. The van der Waals surface area contributed by atoms with E-state index >= 15 is 0 Å². The molecule has 0 aromatic carbocycles. The van der Waals surface area contributed by atoms with Crippen molar-refractivity contribution in [1.29, 1.82) is 0 Å². The Morgan fingerprint density at radius 1 is 1.13 bits per heavy atom. The summed E-state index contributed by atoms with van der Waals surface area (Å²) in [6.07, 6.45) is 2.89. The van der Waals surface area contributed by atoms with Gasteiger partial charge in [-0.1, -0.05) is 44.9 Å². The van der Waals surface area contributed by atoms with Crippen LogP contribution in [0.15, 0.2) is 35.5 Å². The topological polar surface area (TPSA) is 166 Å². The molecule has 4 bridgehead atoms. The lowest BCUT2D eigenvalue weighted by Gasteiger charge is -2.58. The number of carboxylic acid groups (broad SMARTS) is 1. The fourth-order valence-electron chi connectivity index (χ4n) is 10.2. The van der Waals surface area contributed by atoms with Crippen molar-refractivity contribution in [2.24, 2.45) is 45.8 Å². The van der Waals surface area contributed by atoms with E-state index in [0.717, 1.165) is 36.9 Å². The van der Waals surface area contributed by atoms with Crippen molar-refractivity contribution in [2.75, 3.05) is 13.7 Å². The highest BCUT2D eigenvalue weighted by atomic mass is 16.7. The van der Waals surface area contributed by atoms with Crippen LogP contribution in [0.4, 0.5) is 0 Å². The predicted octanol–water partition coefficient (Wildman–Crippen LogP) is 3.41. The van der Waals surface area contributed by atoms with E-state index in [2.05, 4.69) is 13.0 Å². The molecule has 0 spiro atoms. The number of rotatable bonds is 12. The van der Waals surface area contributed by atoms with Crippen molar-refractivity contribution in [3.63, 3.8) is 0 Å². The Hall–Kier alpha value is -2.70. The lowest BCUT2D eigenvalue weighted by Crippen LogP contribution is -2.64. The van der Waals surface area contributed by atoms with Crippen LogP contribution in [0, 0.1) is 45.8 Å². The summed E-state index contributed by atoms with van der Waals surface area (Å²) in [6, 6.07) is 0. The van der Waals surface area contributed by atoms with Gasteiger partial charge in [-0.05, 0) is 81.8 Å². The lowest BCUT2D eigenvalue weighted by molar-refractivity contribution is -0.308. The third-order valence-electron chi connectivity index (χ3n) is 12.1. The van der Waals surface area contributed by atoms with Crippen LogP contribution in [-0.4, -0.2) is 89.9 Å². The summed E-state index contributed by atoms with van der Waals surface area (Å²) in [6.45, 7) is 10.6. The molecule has 11 nitrogen and oxygen atoms in total. The van der Waals surface area contributed by atoms with Gasteiger partial charge in [-0.2, -0.15) is 0 Å². The third kappa shape index (κ3) is 5.28. The van der Waals surface area contributed by atoms with E-state index in [9.17, 15) is 34.5 Å². The molecule has 260 valence electrons. The molecule has 11 heteroatoms. The minimum absolute atomic E-state index is 0.0198. The molecule has 4 fully saturated rings. The molecule has 1 saturated heterocycles. The minimum atomic E-state index is -1.51. The molecule has 3 saturated carbocycles. The van der Waals surface area contributed by atoms with Crippen LogP contribution in [0.3, 0.4) is 0 Å². The van der Waals surface area contributed by atoms with Crippen molar-refractivity contribution in [1.82, 2.24) is 0 Å². The van der Waals surface area contributed by atoms with E-state index in [0.29, 0.717) is 18.8 Å². The number of aliphatic hydroxyl groups is 2. The van der Waals surface area contributed by atoms with Crippen molar-refractivity contribution in [2.45, 2.75) is 104 Å². The van der Waals surface area contributed by atoms with Gasteiger partial charge in [0.2, 0.25) is 0 Å². The van der Waals surface area contributed by atoms with Crippen LogP contribution in [0.2, 0.25) is 0 Å². The number of esters is 1. The molecule has 13 unspecified atom stereocenters. The molecule has 4 aliphatic carbocycles. The number of carbonyl (C=O) groups is 4. The van der Waals surface area contributed by atoms with E-state index in [-0.39, 0.29) is 35.9 Å². The maximum Gasteiger partial charge on any atom is 0.334 e. The van der Waals surface area contributed by atoms with Crippen LogP contribution in [-0.2, 0) is 38.1 Å². The first kappa shape index (κ1) is 35.6. The maximum absolute atomic E-state index is 13.7. The molecule has 0 aromatic rings. The smallest absolute Gasteiger partial charge is 0.334 e. The number of ether oxygens (including phenoxy) is 4. The number of methoxy groups -OCH3 is 1. The Morgan fingerprint density at radius 3 is 2.43 bits per heavy atom. The van der Waals surface area contributed by atoms with E-state index < -0.39 is 70.8 Å². The van der Waals surface area contributed by atoms with Gasteiger partial charge < -0.3 is 39.1 Å². The summed E-state index contributed by atoms with van der Waals surface area (Å²) in [5.41, 5.74) is -2.68. The molecule has 1 heterocycles. The molecular weight excluding hydrogens is 608 g/mol. The highest BCUT2D eigenvalue weighted by Crippen LogP contribution is 2.82. The zero-order valence-electron chi connectivity index (χ0n) is 28.4. The molecule has 5 rings (SSSR count). The van der Waals surface area contributed by atoms with Crippen molar-refractivity contribution in [3.05, 3.63) is 35.5 Å². The van der Waals surface area contributed by atoms with E-state index in [4.69, 9.17) is 18.9 Å². The standard InChI is InChI=1S/C36H50O11/c1-18(2)27-13-23-14-34(16-37)26-11-8-19(3)25(26)15-35(23,36(27,34)33(42)43)17-45-32-28(40)30(29(44-7)22(6)46-32)47-31(41)20(4)12-24(39)10-9-21(5)38/h9-10,12-13,16,18-19,21-23,25-26,28-30,32,38,40H,8,11,14-15,17H2,1-7H3,(H,42,43). The summed E-state index contributed by atoms with van der Waals surface area (Å²) in [5.74, 6) is -2.21. The molecule has 0 aromatic heterocycles. The largest absolute Gasteiger partial charge is 0.481 e. The molecule has 0 amide bonds. The minimum Gasteiger partial charge on any atom is -0.481 e. The second kappa shape index (κ2) is 13.0. The highest BCUT2D eigenvalue weighted by Gasteiger charge is 2.84. The number of allylic oxidation sites excluding steroid dienone is 3. The van der Waals surface area contributed by atoms with Gasteiger partial charge in [0.1, 0.15) is 23.9 Å². The number of aldehydes is 1. The first-order valence-electron chi connectivity index (χ1n) is 16.8. The zero-order chi connectivity index (χ0) is 34.6. The number of ketones is 1. The van der Waals surface area contributed by atoms with E-state index in [1.807, 2.05) is 13.8 Å². The Kier molecular flexibility index (Phi) is 9.82. The number of fused-ring (bicyclic) bond motifs is 2. The Bertz CT molecular complexity index is 1360. The quantitative estimate of drug-likeness (QED) is 0.122. The Balaban J connectivity index is 1.44. The summed E-state index contributed by atoms with van der Waals surface area (Å²) >= 11 is 0. The fourth-order valence-corrected chi connectivity index (χ4v) is 10.2. The SMILES string of the molecule is COC1C(C)OC(OCC23CC4C(C)CCC4C4(C=O)CC2C=C(C(C)C)C43C(=O)O)C(O)C1OC(=O)C(C)=CC(=O)C=CC(C)O. The molecule has 5 aliphatic rings. The van der Waals surface area contributed by atoms with Gasteiger partial charge in [-0.3, -0.25) is 9.59 Å².